The molecule has 0 amide bonds. The lowest BCUT2D eigenvalue weighted by Crippen LogP contribution is -2.25. The zero-order chi connectivity index (χ0) is 12.5. The summed E-state index contributed by atoms with van der Waals surface area (Å²) in [7, 11) is 0. The van der Waals surface area contributed by atoms with Gasteiger partial charge in [-0.25, -0.2) is 0 Å². The SMILES string of the molecule is Cc1cc(C(=O)Cl)c(OC(F)(F)F)c(=O)[nH]1. The largest absolute Gasteiger partial charge is 0.573 e. The average Bonchev–Trinajstić information content (AvgIpc) is 2.07. The van der Waals surface area contributed by atoms with E-state index in [-0.39, 0.29) is 5.69 Å². The molecule has 0 aliphatic rings. The van der Waals surface area contributed by atoms with Crippen LogP contribution in [-0.4, -0.2) is 16.6 Å². The Labute approximate surface area is 92.0 Å². The Balaban J connectivity index is 3.36. The summed E-state index contributed by atoms with van der Waals surface area (Å²) >= 11 is 5.04. The molecule has 0 atom stereocenters. The molecule has 0 saturated heterocycles. The third kappa shape index (κ3) is 2.99. The highest BCUT2D eigenvalue weighted by Gasteiger charge is 2.34. The molecule has 0 unspecified atom stereocenters. The highest BCUT2D eigenvalue weighted by Crippen LogP contribution is 2.24. The lowest BCUT2D eigenvalue weighted by atomic mass is 10.2. The van der Waals surface area contributed by atoms with Gasteiger partial charge in [-0.2, -0.15) is 0 Å². The van der Waals surface area contributed by atoms with E-state index in [0.29, 0.717) is 0 Å². The fourth-order valence-corrected chi connectivity index (χ4v) is 1.18. The first-order valence-corrected chi connectivity index (χ1v) is 4.28. The Kier molecular flexibility index (Phi) is 3.27. The van der Waals surface area contributed by atoms with Crippen LogP contribution in [0.15, 0.2) is 10.9 Å². The number of ether oxygens (including phenoxy) is 1. The molecule has 1 rings (SSSR count). The molecule has 0 spiro atoms. The van der Waals surface area contributed by atoms with Crippen molar-refractivity contribution in [1.29, 1.82) is 0 Å². The van der Waals surface area contributed by atoms with Gasteiger partial charge in [-0.1, -0.05) is 0 Å². The molecule has 0 bridgehead atoms. The quantitative estimate of drug-likeness (QED) is 0.822. The maximum Gasteiger partial charge on any atom is 0.573 e. The lowest BCUT2D eigenvalue weighted by Gasteiger charge is -2.10. The van der Waals surface area contributed by atoms with Crippen molar-refractivity contribution in [3.05, 3.63) is 27.7 Å². The predicted octanol–water partition coefficient (Wildman–Crippen LogP) is 1.96. The third-order valence-corrected chi connectivity index (χ3v) is 1.76. The Bertz CT molecular complexity index is 480. The van der Waals surface area contributed by atoms with Crippen LogP contribution in [0.1, 0.15) is 16.1 Å². The van der Waals surface area contributed by atoms with Gasteiger partial charge in [-0.05, 0) is 24.6 Å². The van der Waals surface area contributed by atoms with E-state index in [1.54, 1.807) is 0 Å². The summed E-state index contributed by atoms with van der Waals surface area (Å²) < 4.78 is 39.2. The zero-order valence-corrected chi connectivity index (χ0v) is 8.57. The van der Waals surface area contributed by atoms with E-state index in [9.17, 15) is 22.8 Å². The number of H-pyrrole nitrogens is 1. The Morgan fingerprint density at radius 2 is 2.06 bits per heavy atom. The molecule has 88 valence electrons. The maximum absolute atomic E-state index is 11.9. The third-order valence-electron chi connectivity index (χ3n) is 1.55. The van der Waals surface area contributed by atoms with Gasteiger partial charge in [0.25, 0.3) is 10.8 Å². The van der Waals surface area contributed by atoms with Crippen molar-refractivity contribution in [2.24, 2.45) is 0 Å². The Morgan fingerprint density at radius 3 is 2.50 bits per heavy atom. The molecule has 0 radical (unpaired) electrons. The van der Waals surface area contributed by atoms with E-state index < -0.39 is 28.5 Å². The minimum atomic E-state index is -5.07. The summed E-state index contributed by atoms with van der Waals surface area (Å²) in [6.07, 6.45) is -5.07. The van der Waals surface area contributed by atoms with Crippen molar-refractivity contribution >= 4 is 16.8 Å². The van der Waals surface area contributed by atoms with Crippen LogP contribution in [-0.2, 0) is 0 Å². The zero-order valence-electron chi connectivity index (χ0n) is 7.81. The van der Waals surface area contributed by atoms with Gasteiger partial charge in [-0.3, -0.25) is 9.59 Å². The van der Waals surface area contributed by atoms with Crippen molar-refractivity contribution in [1.82, 2.24) is 4.98 Å². The summed E-state index contributed by atoms with van der Waals surface area (Å²) in [4.78, 5) is 24.0. The number of aryl methyl sites for hydroxylation is 1. The molecule has 8 heteroatoms. The van der Waals surface area contributed by atoms with Crippen LogP contribution in [0.5, 0.6) is 5.75 Å². The Hall–Kier alpha value is -1.50. The van der Waals surface area contributed by atoms with Crippen LogP contribution >= 0.6 is 11.6 Å². The molecule has 1 heterocycles. The minimum absolute atomic E-state index is 0.198. The van der Waals surface area contributed by atoms with Gasteiger partial charge in [0.1, 0.15) is 0 Å². The molecule has 0 aliphatic carbocycles. The standard InChI is InChI=1S/C8H5ClF3NO3/c1-3-2-4(6(9)14)5(7(15)13-3)16-8(10,11)12/h2H,1H3,(H,13,15). The van der Waals surface area contributed by atoms with Crippen molar-refractivity contribution in [3.63, 3.8) is 0 Å². The number of aromatic amines is 1. The maximum atomic E-state index is 11.9. The fourth-order valence-electron chi connectivity index (χ4n) is 1.04. The molecular formula is C8H5ClF3NO3. The molecule has 0 saturated carbocycles. The smallest absolute Gasteiger partial charge is 0.399 e. The highest BCUT2D eigenvalue weighted by atomic mass is 35.5. The number of nitrogens with one attached hydrogen (secondary N) is 1. The lowest BCUT2D eigenvalue weighted by molar-refractivity contribution is -0.275. The van der Waals surface area contributed by atoms with Crippen molar-refractivity contribution < 1.29 is 22.7 Å². The van der Waals surface area contributed by atoms with Gasteiger partial charge in [0.15, 0.2) is 0 Å². The first-order valence-electron chi connectivity index (χ1n) is 3.90. The number of aromatic nitrogens is 1. The molecule has 0 aromatic carbocycles. The van der Waals surface area contributed by atoms with Gasteiger partial charge in [0, 0.05) is 5.69 Å². The van der Waals surface area contributed by atoms with E-state index >= 15 is 0 Å². The molecule has 1 N–H and O–H groups in total. The molecule has 16 heavy (non-hydrogen) atoms. The summed E-state index contributed by atoms with van der Waals surface area (Å²) in [6.45, 7) is 1.39. The van der Waals surface area contributed by atoms with Gasteiger partial charge in [0.2, 0.25) is 5.75 Å². The summed E-state index contributed by atoms with van der Waals surface area (Å²) in [5.74, 6) is -1.15. The summed E-state index contributed by atoms with van der Waals surface area (Å²) in [5, 5.41) is -1.20. The van der Waals surface area contributed by atoms with Gasteiger partial charge < -0.3 is 9.72 Å². The number of carbonyl (C=O) groups excluding carboxylic acids is 1. The normalized spacial score (nSPS) is 11.3. The van der Waals surface area contributed by atoms with Crippen molar-refractivity contribution in [2.45, 2.75) is 13.3 Å². The van der Waals surface area contributed by atoms with Crippen LogP contribution in [0, 0.1) is 6.92 Å². The Morgan fingerprint density at radius 1 is 1.50 bits per heavy atom. The predicted molar refractivity (Wildman–Crippen MR) is 48.7 cm³/mol. The molecule has 0 fully saturated rings. The van der Waals surface area contributed by atoms with E-state index in [4.69, 9.17) is 11.6 Å². The van der Waals surface area contributed by atoms with Crippen LogP contribution in [0.25, 0.3) is 0 Å². The van der Waals surface area contributed by atoms with Gasteiger partial charge >= 0.3 is 6.36 Å². The highest BCUT2D eigenvalue weighted by molar-refractivity contribution is 6.68. The number of rotatable bonds is 2. The summed E-state index contributed by atoms with van der Waals surface area (Å²) in [5.41, 5.74) is -1.59. The van der Waals surface area contributed by atoms with Gasteiger partial charge in [-0.15, -0.1) is 13.2 Å². The topological polar surface area (TPSA) is 59.2 Å². The monoisotopic (exact) mass is 255 g/mol. The molecule has 1 aromatic heterocycles. The van der Waals surface area contributed by atoms with Gasteiger partial charge in [0.05, 0.1) is 5.56 Å². The van der Waals surface area contributed by atoms with E-state index in [2.05, 4.69) is 9.72 Å². The van der Waals surface area contributed by atoms with E-state index in [1.165, 1.54) is 6.92 Å². The fraction of sp³-hybridized carbons (Fsp3) is 0.250. The number of carbonyl (C=O) groups is 1. The number of hydrogen-bond donors (Lipinski definition) is 1. The average molecular weight is 256 g/mol. The first kappa shape index (κ1) is 12.6. The first-order chi connectivity index (χ1) is 7.20. The van der Waals surface area contributed by atoms with Crippen LogP contribution in [0.4, 0.5) is 13.2 Å². The number of hydrogen-bond acceptors (Lipinski definition) is 3. The van der Waals surface area contributed by atoms with Crippen LogP contribution in [0.3, 0.4) is 0 Å². The second-order valence-corrected chi connectivity index (χ2v) is 3.19. The molecular weight excluding hydrogens is 251 g/mol. The van der Waals surface area contributed by atoms with Crippen LogP contribution in [0.2, 0.25) is 0 Å². The molecule has 4 nitrogen and oxygen atoms in total. The summed E-state index contributed by atoms with van der Waals surface area (Å²) in [6, 6.07) is 0.998. The van der Waals surface area contributed by atoms with Crippen molar-refractivity contribution in [2.75, 3.05) is 0 Å². The van der Waals surface area contributed by atoms with Crippen LogP contribution < -0.4 is 10.3 Å². The molecule has 0 aliphatic heterocycles. The number of halogens is 4. The van der Waals surface area contributed by atoms with E-state index in [1.807, 2.05) is 0 Å². The number of pyridine rings is 1. The second-order valence-electron chi connectivity index (χ2n) is 2.85. The second kappa shape index (κ2) is 4.17. The minimum Gasteiger partial charge on any atom is -0.399 e. The van der Waals surface area contributed by atoms with E-state index in [0.717, 1.165) is 6.07 Å². The number of alkyl halides is 3. The molecule has 1 aromatic rings. The van der Waals surface area contributed by atoms with Crippen molar-refractivity contribution in [3.8, 4) is 5.75 Å².